The number of aromatic amines is 1. The summed E-state index contributed by atoms with van der Waals surface area (Å²) in [5.41, 5.74) is 0.0685. The van der Waals surface area contributed by atoms with Crippen molar-refractivity contribution < 1.29 is 5.21 Å². The lowest BCUT2D eigenvalue weighted by molar-refractivity contribution is 0.319. The molecule has 0 bridgehead atoms. The molecule has 0 saturated heterocycles. The van der Waals surface area contributed by atoms with Gasteiger partial charge in [-0.15, -0.1) is 0 Å². The van der Waals surface area contributed by atoms with Crippen LogP contribution >= 0.6 is 0 Å². The van der Waals surface area contributed by atoms with Crippen LogP contribution in [-0.2, 0) is 14.1 Å². The molecule has 0 unspecified atom stereocenters. The molecule has 0 atom stereocenters. The van der Waals surface area contributed by atoms with Gasteiger partial charge in [-0.25, -0.2) is 9.78 Å². The molecule has 0 amide bonds. The van der Waals surface area contributed by atoms with Gasteiger partial charge in [0.1, 0.15) is 0 Å². The Hall–Kier alpha value is -3.23. The predicted molar refractivity (Wildman–Crippen MR) is 78.2 cm³/mol. The number of fused-ring (bicyclic) bond motifs is 1. The van der Waals surface area contributed by atoms with Gasteiger partial charge in [0.15, 0.2) is 22.7 Å². The number of nitrogens with zero attached hydrogens (tertiary/aromatic N) is 5. The maximum absolute atomic E-state index is 12.0. The summed E-state index contributed by atoms with van der Waals surface area (Å²) in [6, 6.07) is 3.30. The van der Waals surface area contributed by atoms with Crippen LogP contribution in [0.25, 0.3) is 11.2 Å². The lowest BCUT2D eigenvalue weighted by Crippen LogP contribution is -2.29. The second-order valence-corrected chi connectivity index (χ2v) is 4.67. The number of hydrogen-bond acceptors (Lipinski definition) is 6. The average molecular weight is 300 g/mol. The average Bonchev–Trinajstić information content (AvgIpc) is 2.85. The third-order valence-corrected chi connectivity index (χ3v) is 3.40. The van der Waals surface area contributed by atoms with Gasteiger partial charge in [-0.3, -0.25) is 19.3 Å². The summed E-state index contributed by atoms with van der Waals surface area (Å²) in [6.07, 6.45) is 3.09. The summed E-state index contributed by atoms with van der Waals surface area (Å²) in [4.78, 5) is 34.0. The van der Waals surface area contributed by atoms with Crippen molar-refractivity contribution in [2.45, 2.75) is 0 Å². The number of oxime groups is 1. The molecule has 3 aromatic heterocycles. The number of aromatic nitrogens is 5. The lowest BCUT2D eigenvalue weighted by atomic mass is 10.1. The molecule has 0 saturated carbocycles. The number of imidazole rings is 1. The van der Waals surface area contributed by atoms with Gasteiger partial charge in [0.25, 0.3) is 5.56 Å². The highest BCUT2D eigenvalue weighted by Gasteiger charge is 2.20. The number of aryl methyl sites for hydroxylation is 2. The van der Waals surface area contributed by atoms with Crippen LogP contribution < -0.4 is 11.2 Å². The maximum atomic E-state index is 12.0. The van der Waals surface area contributed by atoms with Crippen LogP contribution in [-0.4, -0.2) is 35.0 Å². The van der Waals surface area contributed by atoms with Gasteiger partial charge >= 0.3 is 5.69 Å². The minimum absolute atomic E-state index is 0.174. The van der Waals surface area contributed by atoms with Crippen molar-refractivity contribution in [2.75, 3.05) is 0 Å². The van der Waals surface area contributed by atoms with Crippen molar-refractivity contribution in [3.05, 3.63) is 56.8 Å². The molecular formula is C13H12N6O3. The van der Waals surface area contributed by atoms with E-state index in [9.17, 15) is 14.8 Å². The van der Waals surface area contributed by atoms with Gasteiger partial charge in [-0.05, 0) is 12.1 Å². The van der Waals surface area contributed by atoms with Crippen LogP contribution in [0.15, 0.2) is 39.3 Å². The monoisotopic (exact) mass is 300 g/mol. The summed E-state index contributed by atoms with van der Waals surface area (Å²) in [6.45, 7) is 0. The number of pyridine rings is 1. The van der Waals surface area contributed by atoms with Gasteiger partial charge in [0, 0.05) is 32.1 Å². The summed E-state index contributed by atoms with van der Waals surface area (Å²) in [7, 11) is 3.11. The predicted octanol–water partition coefficient (Wildman–Crippen LogP) is -0.418. The Kier molecular flexibility index (Phi) is 3.09. The van der Waals surface area contributed by atoms with E-state index in [1.165, 1.54) is 16.2 Å². The highest BCUT2D eigenvalue weighted by Crippen LogP contribution is 2.13. The Morgan fingerprint density at radius 3 is 2.55 bits per heavy atom. The SMILES string of the molecule is Cn1c(C(=NO)c2ccncc2)nc2c1c(=O)[nH]c(=O)n2C. The molecule has 0 aliphatic heterocycles. The van der Waals surface area contributed by atoms with E-state index in [4.69, 9.17) is 0 Å². The zero-order chi connectivity index (χ0) is 15.9. The molecule has 3 heterocycles. The fourth-order valence-corrected chi connectivity index (χ4v) is 2.26. The van der Waals surface area contributed by atoms with E-state index < -0.39 is 11.2 Å². The van der Waals surface area contributed by atoms with Crippen LogP contribution in [0, 0.1) is 0 Å². The van der Waals surface area contributed by atoms with Crippen LogP contribution in [0.5, 0.6) is 0 Å². The second kappa shape index (κ2) is 4.95. The quantitative estimate of drug-likeness (QED) is 0.378. The van der Waals surface area contributed by atoms with E-state index in [1.807, 2.05) is 0 Å². The molecule has 9 nitrogen and oxygen atoms in total. The maximum Gasteiger partial charge on any atom is 0.329 e. The minimum atomic E-state index is -0.562. The summed E-state index contributed by atoms with van der Waals surface area (Å²) >= 11 is 0. The fourth-order valence-electron chi connectivity index (χ4n) is 2.26. The van der Waals surface area contributed by atoms with Gasteiger partial charge < -0.3 is 9.77 Å². The summed E-state index contributed by atoms with van der Waals surface area (Å²) in [5.74, 6) is 0.260. The highest BCUT2D eigenvalue weighted by molar-refractivity contribution is 6.11. The van der Waals surface area contributed by atoms with E-state index in [0.717, 1.165) is 0 Å². The topological polar surface area (TPSA) is 118 Å². The Balaban J connectivity index is 2.36. The van der Waals surface area contributed by atoms with Crippen molar-refractivity contribution in [1.82, 2.24) is 24.1 Å². The van der Waals surface area contributed by atoms with E-state index in [-0.39, 0.29) is 22.7 Å². The number of rotatable bonds is 2. The third kappa shape index (κ3) is 1.91. The molecule has 3 rings (SSSR count). The van der Waals surface area contributed by atoms with E-state index in [2.05, 4.69) is 20.1 Å². The first-order chi connectivity index (χ1) is 10.5. The smallest absolute Gasteiger partial charge is 0.329 e. The largest absolute Gasteiger partial charge is 0.410 e. The van der Waals surface area contributed by atoms with Crippen LogP contribution in [0.1, 0.15) is 11.4 Å². The Morgan fingerprint density at radius 1 is 1.23 bits per heavy atom. The van der Waals surface area contributed by atoms with Crippen LogP contribution in [0.3, 0.4) is 0 Å². The van der Waals surface area contributed by atoms with E-state index in [0.29, 0.717) is 5.56 Å². The molecule has 0 aromatic carbocycles. The molecule has 9 heteroatoms. The molecule has 22 heavy (non-hydrogen) atoms. The van der Waals surface area contributed by atoms with Crippen molar-refractivity contribution in [1.29, 1.82) is 0 Å². The van der Waals surface area contributed by atoms with Crippen LogP contribution in [0.4, 0.5) is 0 Å². The minimum Gasteiger partial charge on any atom is -0.410 e. The number of H-pyrrole nitrogens is 1. The Bertz CT molecular complexity index is 996. The van der Waals surface area contributed by atoms with Gasteiger partial charge in [-0.1, -0.05) is 5.16 Å². The normalized spacial score (nSPS) is 12.0. The first-order valence-corrected chi connectivity index (χ1v) is 6.33. The number of hydrogen-bond donors (Lipinski definition) is 2. The first-order valence-electron chi connectivity index (χ1n) is 6.33. The summed E-state index contributed by atoms with van der Waals surface area (Å²) < 4.78 is 2.70. The zero-order valence-electron chi connectivity index (χ0n) is 11.8. The van der Waals surface area contributed by atoms with Crippen molar-refractivity contribution in [3.63, 3.8) is 0 Å². The van der Waals surface area contributed by atoms with E-state index in [1.54, 1.807) is 31.6 Å². The first kappa shape index (κ1) is 13.7. The van der Waals surface area contributed by atoms with Crippen molar-refractivity contribution in [3.8, 4) is 0 Å². The molecule has 0 fully saturated rings. The van der Waals surface area contributed by atoms with Gasteiger partial charge in [0.05, 0.1) is 0 Å². The Morgan fingerprint density at radius 2 is 1.91 bits per heavy atom. The van der Waals surface area contributed by atoms with Crippen molar-refractivity contribution in [2.24, 2.45) is 19.3 Å². The molecule has 0 aliphatic rings. The van der Waals surface area contributed by atoms with Crippen LogP contribution in [0.2, 0.25) is 0 Å². The Labute approximate surface area is 123 Å². The lowest BCUT2D eigenvalue weighted by Gasteiger charge is -2.04. The highest BCUT2D eigenvalue weighted by atomic mass is 16.4. The molecule has 0 spiro atoms. The fraction of sp³-hybridized carbons (Fsp3) is 0.154. The standard InChI is InChI=1S/C13H12N6O3/c1-18-9-11(19(2)13(21)16-12(9)20)15-10(18)8(17-22)7-3-5-14-6-4-7/h3-6,22H,1-2H3,(H,16,20,21). The molecular weight excluding hydrogens is 288 g/mol. The zero-order valence-corrected chi connectivity index (χ0v) is 11.8. The third-order valence-electron chi connectivity index (χ3n) is 3.40. The van der Waals surface area contributed by atoms with E-state index >= 15 is 0 Å². The molecule has 112 valence electrons. The van der Waals surface area contributed by atoms with Gasteiger partial charge in [-0.2, -0.15) is 0 Å². The van der Waals surface area contributed by atoms with Gasteiger partial charge in [0.2, 0.25) is 0 Å². The number of nitrogens with one attached hydrogen (secondary N) is 1. The molecule has 2 N–H and O–H groups in total. The molecule has 0 radical (unpaired) electrons. The molecule has 0 aliphatic carbocycles. The van der Waals surface area contributed by atoms with Crippen molar-refractivity contribution >= 4 is 16.9 Å². The second-order valence-electron chi connectivity index (χ2n) is 4.67. The summed E-state index contributed by atoms with van der Waals surface area (Å²) in [5, 5.41) is 12.6. The molecule has 3 aromatic rings.